The van der Waals surface area contributed by atoms with Crippen LogP contribution in [0.15, 0.2) is 28.8 Å². The number of nitro benzene ring substituents is 1. The Morgan fingerprint density at radius 2 is 2.15 bits per heavy atom. The topological polar surface area (TPSA) is 110 Å². The van der Waals surface area contributed by atoms with E-state index >= 15 is 0 Å². The molecular weight excluding hydrogens is 288 g/mol. The number of amides is 2. The van der Waals surface area contributed by atoms with Gasteiger partial charge < -0.3 is 9.84 Å². The summed E-state index contributed by atoms with van der Waals surface area (Å²) in [5.74, 6) is 0.783. The summed E-state index contributed by atoms with van der Waals surface area (Å²) in [6, 6.07) is 4.87. The minimum Gasteiger partial charge on any atom is -0.360 e. The molecule has 9 heteroatoms. The number of anilines is 2. The molecule has 2 N–H and O–H groups in total. The second-order valence-corrected chi connectivity index (χ2v) is 4.23. The smallest absolute Gasteiger partial charge is 0.324 e. The standard InChI is InChI=1S/C11H9ClN4O4/c1-6-4-10(15-20-6)14-11(17)13-7-2-3-8(12)9(5-7)16(18)19/h2-5H,1H3,(H2,13,14,15,17). The van der Waals surface area contributed by atoms with E-state index in [0.29, 0.717) is 5.76 Å². The summed E-state index contributed by atoms with van der Waals surface area (Å²) in [6.45, 7) is 1.68. The molecular formula is C11H9ClN4O4. The van der Waals surface area contributed by atoms with Crippen LogP contribution in [0.4, 0.5) is 22.0 Å². The molecule has 0 aliphatic heterocycles. The van der Waals surface area contributed by atoms with Crippen molar-refractivity contribution in [2.24, 2.45) is 0 Å². The molecule has 0 spiro atoms. The van der Waals surface area contributed by atoms with E-state index in [1.807, 2.05) is 0 Å². The molecule has 20 heavy (non-hydrogen) atoms. The summed E-state index contributed by atoms with van der Waals surface area (Å²) >= 11 is 5.67. The third-order valence-electron chi connectivity index (χ3n) is 2.27. The highest BCUT2D eigenvalue weighted by Crippen LogP contribution is 2.27. The Morgan fingerprint density at radius 1 is 1.40 bits per heavy atom. The van der Waals surface area contributed by atoms with Crippen molar-refractivity contribution in [3.8, 4) is 0 Å². The molecule has 0 saturated heterocycles. The maximum absolute atomic E-state index is 11.7. The average Bonchev–Trinajstić information content (AvgIpc) is 2.76. The Morgan fingerprint density at radius 3 is 2.75 bits per heavy atom. The van der Waals surface area contributed by atoms with Crippen molar-refractivity contribution in [1.82, 2.24) is 5.16 Å². The number of hydrogen-bond donors (Lipinski definition) is 2. The Balaban J connectivity index is 2.08. The van der Waals surface area contributed by atoms with Crippen LogP contribution in [0.5, 0.6) is 0 Å². The van der Waals surface area contributed by atoms with Gasteiger partial charge in [0.2, 0.25) is 0 Å². The van der Waals surface area contributed by atoms with Gasteiger partial charge in [0, 0.05) is 17.8 Å². The van der Waals surface area contributed by atoms with E-state index in [2.05, 4.69) is 15.8 Å². The number of urea groups is 1. The second kappa shape index (κ2) is 5.57. The van der Waals surface area contributed by atoms with E-state index in [0.717, 1.165) is 6.07 Å². The molecule has 104 valence electrons. The number of hydrogen-bond acceptors (Lipinski definition) is 5. The molecule has 1 heterocycles. The number of nitrogens with one attached hydrogen (secondary N) is 2. The first kappa shape index (κ1) is 13.8. The number of carbonyl (C=O) groups excluding carboxylic acids is 1. The molecule has 0 aliphatic rings. The summed E-state index contributed by atoms with van der Waals surface area (Å²) in [6.07, 6.45) is 0. The van der Waals surface area contributed by atoms with Gasteiger partial charge in [0.15, 0.2) is 5.82 Å². The van der Waals surface area contributed by atoms with Gasteiger partial charge >= 0.3 is 6.03 Å². The molecule has 1 aromatic heterocycles. The number of halogens is 1. The lowest BCUT2D eigenvalue weighted by Gasteiger charge is -2.05. The van der Waals surface area contributed by atoms with Gasteiger partial charge in [-0.25, -0.2) is 4.79 Å². The Bertz CT molecular complexity index is 670. The van der Waals surface area contributed by atoms with Gasteiger partial charge in [-0.05, 0) is 19.1 Å². The molecule has 2 aromatic rings. The van der Waals surface area contributed by atoms with Crippen molar-refractivity contribution in [2.75, 3.05) is 10.6 Å². The lowest BCUT2D eigenvalue weighted by molar-refractivity contribution is -0.384. The minimum atomic E-state index is -0.633. The van der Waals surface area contributed by atoms with Gasteiger partial charge in [0.05, 0.1) is 4.92 Å². The van der Waals surface area contributed by atoms with E-state index in [4.69, 9.17) is 16.1 Å². The van der Waals surface area contributed by atoms with Crippen LogP contribution in [-0.4, -0.2) is 16.1 Å². The predicted molar refractivity (Wildman–Crippen MR) is 72.0 cm³/mol. The number of carbonyl (C=O) groups is 1. The summed E-state index contributed by atoms with van der Waals surface area (Å²) in [5, 5.41) is 19.1. The van der Waals surface area contributed by atoms with Gasteiger partial charge in [0.1, 0.15) is 10.8 Å². The van der Waals surface area contributed by atoms with Crippen LogP contribution in [0.3, 0.4) is 0 Å². The molecule has 2 rings (SSSR count). The predicted octanol–water partition coefficient (Wildman–Crippen LogP) is 3.19. The molecule has 0 radical (unpaired) electrons. The van der Waals surface area contributed by atoms with Gasteiger partial charge in [-0.15, -0.1) is 0 Å². The normalized spacial score (nSPS) is 10.1. The van der Waals surface area contributed by atoms with E-state index in [1.54, 1.807) is 6.92 Å². The van der Waals surface area contributed by atoms with Crippen molar-refractivity contribution in [3.63, 3.8) is 0 Å². The summed E-state index contributed by atoms with van der Waals surface area (Å²) < 4.78 is 4.78. The van der Waals surface area contributed by atoms with Crippen LogP contribution in [0.2, 0.25) is 5.02 Å². The van der Waals surface area contributed by atoms with Crippen LogP contribution in [-0.2, 0) is 0 Å². The monoisotopic (exact) mass is 296 g/mol. The van der Waals surface area contributed by atoms with Crippen LogP contribution in [0.1, 0.15) is 5.76 Å². The molecule has 0 fully saturated rings. The molecule has 0 bridgehead atoms. The lowest BCUT2D eigenvalue weighted by Crippen LogP contribution is -2.19. The van der Waals surface area contributed by atoms with Crippen LogP contribution >= 0.6 is 11.6 Å². The first-order valence-electron chi connectivity index (χ1n) is 5.41. The molecule has 0 atom stereocenters. The summed E-state index contributed by atoms with van der Waals surface area (Å²) in [4.78, 5) is 21.7. The maximum Gasteiger partial charge on any atom is 0.324 e. The zero-order chi connectivity index (χ0) is 14.7. The largest absolute Gasteiger partial charge is 0.360 e. The highest BCUT2D eigenvalue weighted by Gasteiger charge is 2.14. The van der Waals surface area contributed by atoms with Gasteiger partial charge in [0.25, 0.3) is 5.69 Å². The second-order valence-electron chi connectivity index (χ2n) is 3.83. The van der Waals surface area contributed by atoms with Crippen LogP contribution in [0.25, 0.3) is 0 Å². The van der Waals surface area contributed by atoms with Crippen molar-refractivity contribution >= 4 is 34.8 Å². The molecule has 0 aliphatic carbocycles. The fourth-order valence-electron chi connectivity index (χ4n) is 1.43. The van der Waals surface area contributed by atoms with E-state index < -0.39 is 11.0 Å². The Kier molecular flexibility index (Phi) is 3.85. The first-order valence-corrected chi connectivity index (χ1v) is 5.79. The number of aromatic nitrogens is 1. The van der Waals surface area contributed by atoms with Crippen LogP contribution in [0, 0.1) is 17.0 Å². The first-order chi connectivity index (χ1) is 9.45. The number of benzene rings is 1. The van der Waals surface area contributed by atoms with Gasteiger partial charge in [-0.3, -0.25) is 15.4 Å². The molecule has 2 amide bonds. The number of nitrogens with zero attached hydrogens (tertiary/aromatic N) is 2. The maximum atomic E-state index is 11.7. The fourth-order valence-corrected chi connectivity index (χ4v) is 1.62. The number of aryl methyl sites for hydroxylation is 1. The van der Waals surface area contributed by atoms with Crippen LogP contribution < -0.4 is 10.6 Å². The zero-order valence-electron chi connectivity index (χ0n) is 10.2. The summed E-state index contributed by atoms with van der Waals surface area (Å²) in [7, 11) is 0. The average molecular weight is 297 g/mol. The third-order valence-corrected chi connectivity index (χ3v) is 2.59. The van der Waals surface area contributed by atoms with Gasteiger partial charge in [-0.1, -0.05) is 16.8 Å². The van der Waals surface area contributed by atoms with Crippen molar-refractivity contribution in [2.45, 2.75) is 6.92 Å². The highest BCUT2D eigenvalue weighted by molar-refractivity contribution is 6.32. The molecule has 0 unspecified atom stereocenters. The third kappa shape index (κ3) is 3.23. The van der Waals surface area contributed by atoms with E-state index in [9.17, 15) is 14.9 Å². The SMILES string of the molecule is Cc1cc(NC(=O)Nc2ccc(Cl)c([N+](=O)[O-])c2)no1. The number of rotatable bonds is 3. The molecule has 8 nitrogen and oxygen atoms in total. The van der Waals surface area contributed by atoms with Crippen molar-refractivity contribution in [1.29, 1.82) is 0 Å². The molecule has 0 saturated carbocycles. The minimum absolute atomic E-state index is 0.00640. The Labute approximate surface area is 117 Å². The van der Waals surface area contributed by atoms with E-state index in [-0.39, 0.29) is 22.2 Å². The molecule has 1 aromatic carbocycles. The zero-order valence-corrected chi connectivity index (χ0v) is 11.0. The van der Waals surface area contributed by atoms with Crippen molar-refractivity contribution < 1.29 is 14.2 Å². The Hall–Kier alpha value is -2.61. The van der Waals surface area contributed by atoms with E-state index in [1.165, 1.54) is 18.2 Å². The number of nitro groups is 1. The lowest BCUT2D eigenvalue weighted by atomic mass is 10.3. The highest BCUT2D eigenvalue weighted by atomic mass is 35.5. The van der Waals surface area contributed by atoms with Gasteiger partial charge in [-0.2, -0.15) is 0 Å². The van der Waals surface area contributed by atoms with Crippen molar-refractivity contribution in [3.05, 3.63) is 45.2 Å². The summed E-state index contributed by atoms with van der Waals surface area (Å²) in [5.41, 5.74) is -0.0550. The quantitative estimate of drug-likeness (QED) is 0.667. The fraction of sp³-hybridized carbons (Fsp3) is 0.0909.